The van der Waals surface area contributed by atoms with Crippen LogP contribution in [-0.4, -0.2) is 41.0 Å². The molecule has 0 saturated heterocycles. The van der Waals surface area contributed by atoms with Gasteiger partial charge in [-0.2, -0.15) is 0 Å². The first-order valence-corrected chi connectivity index (χ1v) is 25.4. The maximum atomic E-state index is 12.4. The van der Waals surface area contributed by atoms with Crippen molar-refractivity contribution in [3.63, 3.8) is 0 Å². The van der Waals surface area contributed by atoms with Crippen LogP contribution in [0, 0.1) is 0 Å². The van der Waals surface area contributed by atoms with E-state index in [1.54, 1.807) is 0 Å². The molecule has 0 aromatic rings. The number of carbonyl (C=O) groups is 2. The van der Waals surface area contributed by atoms with E-state index < -0.39 is 32.5 Å². The number of hydrogen-bond donors (Lipinski definition) is 2. The third-order valence-corrected chi connectivity index (χ3v) is 11.4. The molecule has 0 spiro atoms. The zero-order chi connectivity index (χ0) is 40.3. The summed E-state index contributed by atoms with van der Waals surface area (Å²) in [5.74, 6) is -0.863. The van der Waals surface area contributed by atoms with Crippen molar-refractivity contribution in [2.75, 3.05) is 13.2 Å². The number of unbranched alkanes of at least 4 members (excludes halogenated alkanes) is 35. The highest BCUT2D eigenvalue weighted by atomic mass is 31.2. The lowest BCUT2D eigenvalue weighted by molar-refractivity contribution is -0.161. The van der Waals surface area contributed by atoms with Gasteiger partial charge in [-0.05, 0) is 12.8 Å². The highest BCUT2D eigenvalue weighted by Gasteiger charge is 2.23. The molecule has 0 radical (unpaired) electrons. The molecule has 0 rings (SSSR count). The molecule has 0 aliphatic carbocycles. The quantitative estimate of drug-likeness (QED) is 0.0355. The maximum absolute atomic E-state index is 12.4. The van der Waals surface area contributed by atoms with Crippen LogP contribution in [-0.2, 0) is 28.2 Å². The smallest absolute Gasteiger partial charge is 0.462 e. The summed E-state index contributed by atoms with van der Waals surface area (Å²) in [6.07, 6.45) is 46.9. The van der Waals surface area contributed by atoms with Crippen molar-refractivity contribution in [1.29, 1.82) is 0 Å². The Morgan fingerprint density at radius 1 is 0.400 bits per heavy atom. The van der Waals surface area contributed by atoms with Crippen molar-refractivity contribution < 1.29 is 37.9 Å². The van der Waals surface area contributed by atoms with Gasteiger partial charge in [0.1, 0.15) is 6.61 Å². The van der Waals surface area contributed by atoms with Crippen LogP contribution in [0.2, 0.25) is 0 Å². The Morgan fingerprint density at radius 3 is 0.927 bits per heavy atom. The molecule has 0 aliphatic rings. The first-order chi connectivity index (χ1) is 26.8. The average Bonchev–Trinajstić information content (AvgIpc) is 3.16. The van der Waals surface area contributed by atoms with Gasteiger partial charge in [-0.1, -0.05) is 239 Å². The number of phosphoric acid groups is 1. The van der Waals surface area contributed by atoms with E-state index in [0.717, 1.165) is 32.1 Å². The predicted molar refractivity (Wildman–Crippen MR) is 230 cm³/mol. The van der Waals surface area contributed by atoms with Crippen LogP contribution >= 0.6 is 7.82 Å². The zero-order valence-electron chi connectivity index (χ0n) is 36.4. The van der Waals surface area contributed by atoms with Crippen molar-refractivity contribution in [2.45, 2.75) is 270 Å². The topological polar surface area (TPSA) is 119 Å². The molecule has 8 nitrogen and oxygen atoms in total. The van der Waals surface area contributed by atoms with Gasteiger partial charge < -0.3 is 19.3 Å². The Balaban J connectivity index is 3.78. The number of carbonyl (C=O) groups excluding carboxylic acids is 2. The number of ether oxygens (including phenoxy) is 2. The zero-order valence-corrected chi connectivity index (χ0v) is 37.3. The monoisotopic (exact) mass is 803 g/mol. The predicted octanol–water partition coefficient (Wildman–Crippen LogP) is 14.8. The lowest BCUT2D eigenvalue weighted by atomic mass is 10.0. The van der Waals surface area contributed by atoms with Crippen LogP contribution in [0.25, 0.3) is 0 Å². The van der Waals surface area contributed by atoms with E-state index in [1.807, 2.05) is 0 Å². The number of phosphoric ester groups is 1. The van der Waals surface area contributed by atoms with Gasteiger partial charge in [0, 0.05) is 12.8 Å². The Bertz CT molecular complexity index is 863. The fraction of sp³-hybridized carbons (Fsp3) is 0.957. The highest BCUT2D eigenvalue weighted by Crippen LogP contribution is 2.36. The summed E-state index contributed by atoms with van der Waals surface area (Å²) in [7, 11) is -4.75. The summed E-state index contributed by atoms with van der Waals surface area (Å²) in [5.41, 5.74) is 0. The van der Waals surface area contributed by atoms with Crippen LogP contribution in [0.1, 0.15) is 264 Å². The number of rotatable bonds is 45. The second-order valence-electron chi connectivity index (χ2n) is 16.5. The molecule has 0 aromatic heterocycles. The lowest BCUT2D eigenvalue weighted by Crippen LogP contribution is -2.29. The Hall–Kier alpha value is -0.950. The maximum Gasteiger partial charge on any atom is 0.469 e. The SMILES string of the molecule is CCCCCCCCCCCCCCCCCCCCCCCC(=O)OC[C@H](COP(=O)(O)O)OC(=O)CCCCCCCCCCCCCCCCCC. The summed E-state index contributed by atoms with van der Waals surface area (Å²) in [5, 5.41) is 0. The minimum atomic E-state index is -4.75. The van der Waals surface area contributed by atoms with E-state index in [4.69, 9.17) is 19.3 Å². The standard InChI is InChI=1S/C46H91O8P/c1-3-5-7-9-11-13-15-17-19-21-22-23-24-25-27-28-30-32-34-36-38-40-45(47)52-42-44(43-53-55(49,50)51)54-46(48)41-39-37-35-33-31-29-26-20-18-16-14-12-10-8-6-4-2/h44H,3-43H2,1-2H3,(H2,49,50,51)/t44-/m1/s1. The first-order valence-electron chi connectivity index (χ1n) is 23.8. The molecule has 1 atom stereocenters. The van der Waals surface area contributed by atoms with Crippen molar-refractivity contribution in [1.82, 2.24) is 0 Å². The molecule has 55 heavy (non-hydrogen) atoms. The highest BCUT2D eigenvalue weighted by molar-refractivity contribution is 7.46. The molecule has 0 amide bonds. The van der Waals surface area contributed by atoms with E-state index >= 15 is 0 Å². The van der Waals surface area contributed by atoms with Crippen LogP contribution in [0.4, 0.5) is 0 Å². The van der Waals surface area contributed by atoms with Gasteiger partial charge in [0.25, 0.3) is 0 Å². The fourth-order valence-corrected chi connectivity index (χ4v) is 7.68. The van der Waals surface area contributed by atoms with Crippen LogP contribution < -0.4 is 0 Å². The molecule has 0 aliphatic heterocycles. The van der Waals surface area contributed by atoms with Gasteiger partial charge in [-0.15, -0.1) is 0 Å². The Labute approximate surface area is 340 Å². The second kappa shape index (κ2) is 42.7. The van der Waals surface area contributed by atoms with E-state index in [-0.39, 0.29) is 19.4 Å². The number of esters is 2. The van der Waals surface area contributed by atoms with E-state index in [1.165, 1.54) is 199 Å². The summed E-state index contributed by atoms with van der Waals surface area (Å²) >= 11 is 0. The molecular weight excluding hydrogens is 711 g/mol. The molecule has 0 heterocycles. The normalized spacial score (nSPS) is 12.3. The van der Waals surface area contributed by atoms with Crippen molar-refractivity contribution in [2.24, 2.45) is 0 Å². The van der Waals surface area contributed by atoms with Crippen LogP contribution in [0.3, 0.4) is 0 Å². The molecule has 2 N–H and O–H groups in total. The van der Waals surface area contributed by atoms with E-state index in [0.29, 0.717) is 6.42 Å². The average molecular weight is 803 g/mol. The summed E-state index contributed by atoms with van der Waals surface area (Å²) < 4.78 is 26.5. The van der Waals surface area contributed by atoms with Gasteiger partial charge in [-0.25, -0.2) is 4.57 Å². The van der Waals surface area contributed by atoms with E-state index in [2.05, 4.69) is 18.4 Å². The van der Waals surface area contributed by atoms with Gasteiger partial charge in [-0.3, -0.25) is 14.1 Å². The molecule has 0 saturated carbocycles. The molecule has 0 aromatic carbocycles. The molecular formula is C46H91O8P. The first kappa shape index (κ1) is 54.0. The Morgan fingerprint density at radius 2 is 0.655 bits per heavy atom. The molecule has 0 bridgehead atoms. The van der Waals surface area contributed by atoms with Gasteiger partial charge in [0.2, 0.25) is 0 Å². The van der Waals surface area contributed by atoms with E-state index in [9.17, 15) is 14.2 Å². The number of hydrogen-bond acceptors (Lipinski definition) is 6. The Kier molecular flexibility index (Phi) is 41.9. The summed E-state index contributed by atoms with van der Waals surface area (Å²) in [6.45, 7) is 3.74. The van der Waals surface area contributed by atoms with Crippen molar-refractivity contribution in [3.05, 3.63) is 0 Å². The van der Waals surface area contributed by atoms with Gasteiger partial charge >= 0.3 is 19.8 Å². The molecule has 9 heteroatoms. The molecule has 0 unspecified atom stereocenters. The lowest BCUT2D eigenvalue weighted by Gasteiger charge is -2.18. The van der Waals surface area contributed by atoms with Crippen LogP contribution in [0.5, 0.6) is 0 Å². The minimum Gasteiger partial charge on any atom is -0.462 e. The second-order valence-corrected chi connectivity index (χ2v) is 17.7. The third kappa shape index (κ3) is 45.6. The third-order valence-electron chi connectivity index (χ3n) is 10.9. The summed E-state index contributed by atoms with van der Waals surface area (Å²) in [6, 6.07) is 0. The van der Waals surface area contributed by atoms with Crippen LogP contribution in [0.15, 0.2) is 0 Å². The van der Waals surface area contributed by atoms with Gasteiger partial charge in [0.05, 0.1) is 6.61 Å². The van der Waals surface area contributed by atoms with Crippen molar-refractivity contribution in [3.8, 4) is 0 Å². The largest absolute Gasteiger partial charge is 0.469 e. The molecule has 328 valence electrons. The molecule has 0 fully saturated rings. The van der Waals surface area contributed by atoms with Gasteiger partial charge in [0.15, 0.2) is 6.10 Å². The van der Waals surface area contributed by atoms with Crippen molar-refractivity contribution >= 4 is 19.8 Å². The minimum absolute atomic E-state index is 0.220. The summed E-state index contributed by atoms with van der Waals surface area (Å²) in [4.78, 5) is 43.0. The fourth-order valence-electron chi connectivity index (χ4n) is 7.32.